The van der Waals surface area contributed by atoms with Gasteiger partial charge in [0.05, 0.1) is 13.2 Å². The van der Waals surface area contributed by atoms with Gasteiger partial charge in [-0.3, -0.25) is 9.69 Å². The van der Waals surface area contributed by atoms with Crippen molar-refractivity contribution in [1.29, 1.82) is 0 Å². The Balaban J connectivity index is 1.97. The minimum atomic E-state index is 0.0207. The van der Waals surface area contributed by atoms with Crippen LogP contribution in [0, 0.1) is 0 Å². The summed E-state index contributed by atoms with van der Waals surface area (Å²) in [5.41, 5.74) is 1.77. The molecule has 0 aromatic heterocycles. The zero-order valence-electron chi connectivity index (χ0n) is 12.3. The highest BCUT2D eigenvalue weighted by Crippen LogP contribution is 2.25. The zero-order valence-corrected chi connectivity index (χ0v) is 13.9. The van der Waals surface area contributed by atoms with Crippen molar-refractivity contribution >= 4 is 27.5 Å². The molecule has 0 spiro atoms. The van der Waals surface area contributed by atoms with E-state index < -0.39 is 0 Å². The lowest BCUT2D eigenvalue weighted by Gasteiger charge is -2.19. The standard InChI is InChI=1S/C15H22BrN3O2/c1-21-11-12-13(16)4-2-5-14(12)18-15(20)10-19-8-3-6-17-7-9-19/h2,4-5,17H,3,6-11H2,1H3,(H,18,20). The molecule has 0 bridgehead atoms. The van der Waals surface area contributed by atoms with Crippen molar-refractivity contribution in [1.82, 2.24) is 10.2 Å². The van der Waals surface area contributed by atoms with Crippen LogP contribution in [0.2, 0.25) is 0 Å². The Kier molecular flexibility index (Phi) is 6.63. The number of hydrogen-bond donors (Lipinski definition) is 2. The van der Waals surface area contributed by atoms with Crippen LogP contribution >= 0.6 is 15.9 Å². The topological polar surface area (TPSA) is 53.6 Å². The van der Waals surface area contributed by atoms with E-state index in [-0.39, 0.29) is 5.91 Å². The first-order chi connectivity index (χ1) is 10.2. The van der Waals surface area contributed by atoms with Crippen molar-refractivity contribution in [3.05, 3.63) is 28.2 Å². The average Bonchev–Trinajstić information content (AvgIpc) is 2.71. The van der Waals surface area contributed by atoms with E-state index in [1.54, 1.807) is 7.11 Å². The van der Waals surface area contributed by atoms with Crippen LogP contribution in [0.1, 0.15) is 12.0 Å². The SMILES string of the molecule is COCc1c(Br)cccc1NC(=O)CN1CCCNCC1. The average molecular weight is 356 g/mol. The summed E-state index contributed by atoms with van der Waals surface area (Å²) in [6.45, 7) is 4.74. The first kappa shape index (κ1) is 16.4. The Morgan fingerprint density at radius 3 is 3.10 bits per heavy atom. The molecule has 1 heterocycles. The van der Waals surface area contributed by atoms with Gasteiger partial charge in [-0.05, 0) is 31.6 Å². The minimum absolute atomic E-state index is 0.0207. The predicted molar refractivity (Wildman–Crippen MR) is 87.4 cm³/mol. The fourth-order valence-electron chi connectivity index (χ4n) is 2.42. The molecule has 116 valence electrons. The van der Waals surface area contributed by atoms with Crippen molar-refractivity contribution in [2.75, 3.05) is 45.2 Å². The monoisotopic (exact) mass is 355 g/mol. The maximum absolute atomic E-state index is 12.2. The molecular formula is C15H22BrN3O2. The van der Waals surface area contributed by atoms with Gasteiger partial charge in [0, 0.05) is 35.9 Å². The molecule has 0 unspecified atom stereocenters. The number of hydrogen-bond acceptors (Lipinski definition) is 4. The van der Waals surface area contributed by atoms with E-state index in [4.69, 9.17) is 4.74 Å². The normalized spacial score (nSPS) is 16.5. The fraction of sp³-hybridized carbons (Fsp3) is 0.533. The number of nitrogens with one attached hydrogen (secondary N) is 2. The van der Waals surface area contributed by atoms with Crippen molar-refractivity contribution in [2.24, 2.45) is 0 Å². The van der Waals surface area contributed by atoms with Crippen LogP contribution in [-0.2, 0) is 16.1 Å². The number of methoxy groups -OCH3 is 1. The summed E-state index contributed by atoms with van der Waals surface area (Å²) in [6, 6.07) is 5.76. The van der Waals surface area contributed by atoms with E-state index in [2.05, 4.69) is 31.5 Å². The molecule has 1 aliphatic heterocycles. The summed E-state index contributed by atoms with van der Waals surface area (Å²) < 4.78 is 6.14. The number of nitrogens with zero attached hydrogens (tertiary/aromatic N) is 1. The van der Waals surface area contributed by atoms with Gasteiger partial charge in [-0.15, -0.1) is 0 Å². The third-order valence-corrected chi connectivity index (χ3v) is 4.22. The third kappa shape index (κ3) is 5.07. The number of rotatable bonds is 5. The molecule has 0 atom stereocenters. The molecule has 1 aromatic rings. The Bertz CT molecular complexity index is 474. The zero-order chi connectivity index (χ0) is 15.1. The molecule has 1 aromatic carbocycles. The second kappa shape index (κ2) is 8.48. The van der Waals surface area contributed by atoms with Crippen LogP contribution in [0.15, 0.2) is 22.7 Å². The molecule has 0 radical (unpaired) electrons. The molecule has 0 saturated carbocycles. The molecule has 1 fully saturated rings. The van der Waals surface area contributed by atoms with Crippen molar-refractivity contribution in [2.45, 2.75) is 13.0 Å². The lowest BCUT2D eigenvalue weighted by Crippen LogP contribution is -2.35. The first-order valence-corrected chi connectivity index (χ1v) is 7.99. The van der Waals surface area contributed by atoms with Gasteiger partial charge in [-0.25, -0.2) is 0 Å². The molecule has 1 amide bonds. The van der Waals surface area contributed by atoms with Crippen LogP contribution in [0.5, 0.6) is 0 Å². The Labute approximate surface area is 134 Å². The largest absolute Gasteiger partial charge is 0.380 e. The van der Waals surface area contributed by atoms with Gasteiger partial charge >= 0.3 is 0 Å². The van der Waals surface area contributed by atoms with Gasteiger partial charge in [0.25, 0.3) is 0 Å². The van der Waals surface area contributed by atoms with Crippen LogP contribution in [0.4, 0.5) is 5.69 Å². The molecule has 2 N–H and O–H groups in total. The molecular weight excluding hydrogens is 334 g/mol. The van der Waals surface area contributed by atoms with Gasteiger partial charge < -0.3 is 15.4 Å². The Hall–Kier alpha value is -0.950. The lowest BCUT2D eigenvalue weighted by atomic mass is 10.2. The maximum Gasteiger partial charge on any atom is 0.238 e. The summed E-state index contributed by atoms with van der Waals surface area (Å²) in [6.07, 6.45) is 1.08. The number of ether oxygens (including phenoxy) is 1. The smallest absolute Gasteiger partial charge is 0.238 e. The summed E-state index contributed by atoms with van der Waals surface area (Å²) >= 11 is 3.50. The molecule has 6 heteroatoms. The number of benzene rings is 1. The van der Waals surface area contributed by atoms with Crippen LogP contribution in [-0.4, -0.2) is 50.6 Å². The van der Waals surface area contributed by atoms with E-state index in [0.717, 1.165) is 48.3 Å². The van der Waals surface area contributed by atoms with Crippen molar-refractivity contribution in [3.8, 4) is 0 Å². The van der Waals surface area contributed by atoms with Crippen molar-refractivity contribution < 1.29 is 9.53 Å². The maximum atomic E-state index is 12.2. The Morgan fingerprint density at radius 1 is 1.43 bits per heavy atom. The van der Waals surface area contributed by atoms with Gasteiger partial charge in [0.2, 0.25) is 5.91 Å². The van der Waals surface area contributed by atoms with Crippen molar-refractivity contribution in [3.63, 3.8) is 0 Å². The molecule has 1 saturated heterocycles. The number of amides is 1. The first-order valence-electron chi connectivity index (χ1n) is 7.20. The van der Waals surface area contributed by atoms with Gasteiger partial charge in [-0.2, -0.15) is 0 Å². The minimum Gasteiger partial charge on any atom is -0.380 e. The van der Waals surface area contributed by atoms with Crippen LogP contribution in [0.3, 0.4) is 0 Å². The highest BCUT2D eigenvalue weighted by molar-refractivity contribution is 9.10. The van der Waals surface area contributed by atoms with E-state index in [9.17, 15) is 4.79 Å². The fourth-order valence-corrected chi connectivity index (χ4v) is 2.90. The third-order valence-electron chi connectivity index (χ3n) is 3.48. The number of carbonyl (C=O) groups is 1. The number of halogens is 1. The summed E-state index contributed by atoms with van der Waals surface area (Å²) in [5.74, 6) is 0.0207. The summed E-state index contributed by atoms with van der Waals surface area (Å²) in [7, 11) is 1.65. The molecule has 21 heavy (non-hydrogen) atoms. The van der Waals surface area contributed by atoms with Gasteiger partial charge in [0.1, 0.15) is 0 Å². The second-order valence-corrected chi connectivity index (χ2v) is 5.98. The van der Waals surface area contributed by atoms with E-state index in [1.165, 1.54) is 0 Å². The van der Waals surface area contributed by atoms with E-state index >= 15 is 0 Å². The molecule has 5 nitrogen and oxygen atoms in total. The Morgan fingerprint density at radius 2 is 2.29 bits per heavy atom. The highest BCUT2D eigenvalue weighted by atomic mass is 79.9. The second-order valence-electron chi connectivity index (χ2n) is 5.13. The number of anilines is 1. The lowest BCUT2D eigenvalue weighted by molar-refractivity contribution is -0.117. The molecule has 1 aliphatic rings. The van der Waals surface area contributed by atoms with E-state index in [0.29, 0.717) is 13.2 Å². The quantitative estimate of drug-likeness (QED) is 0.845. The number of carbonyl (C=O) groups excluding carboxylic acids is 1. The summed E-state index contributed by atoms with van der Waals surface area (Å²) in [4.78, 5) is 14.4. The van der Waals surface area contributed by atoms with Gasteiger partial charge in [-0.1, -0.05) is 22.0 Å². The molecule has 2 rings (SSSR count). The predicted octanol–water partition coefficient (Wildman–Crippen LogP) is 1.83. The molecule has 0 aliphatic carbocycles. The summed E-state index contributed by atoms with van der Waals surface area (Å²) in [5, 5.41) is 6.33. The van der Waals surface area contributed by atoms with Gasteiger partial charge in [0.15, 0.2) is 0 Å². The van der Waals surface area contributed by atoms with Crippen LogP contribution in [0.25, 0.3) is 0 Å². The van der Waals surface area contributed by atoms with E-state index in [1.807, 2.05) is 18.2 Å². The van der Waals surface area contributed by atoms with Crippen LogP contribution < -0.4 is 10.6 Å². The highest BCUT2D eigenvalue weighted by Gasteiger charge is 2.14.